The Bertz CT molecular complexity index is 405. The van der Waals surface area contributed by atoms with E-state index in [4.69, 9.17) is 4.74 Å². The van der Waals surface area contributed by atoms with Gasteiger partial charge in [0.1, 0.15) is 6.61 Å². The first kappa shape index (κ1) is 13.7. The van der Waals surface area contributed by atoms with Crippen molar-refractivity contribution in [1.82, 2.24) is 4.98 Å². The maximum atomic E-state index is 10.8. The molecule has 0 amide bonds. The van der Waals surface area contributed by atoms with Crippen LogP contribution in [0.25, 0.3) is 0 Å². The standard InChI is InChI=1S/C14H21NO2/c1-6-13-12(14(3,4)5)7-11(8-15-13)9-17-10(2)16/h7-8H,6,9H2,1-5H3. The number of aryl methyl sites for hydroxylation is 1. The summed E-state index contributed by atoms with van der Waals surface area (Å²) in [6, 6.07) is 2.09. The molecule has 0 aliphatic carbocycles. The van der Waals surface area contributed by atoms with Crippen LogP contribution < -0.4 is 0 Å². The number of hydrogen-bond acceptors (Lipinski definition) is 3. The second kappa shape index (κ2) is 5.30. The van der Waals surface area contributed by atoms with Crippen molar-refractivity contribution < 1.29 is 9.53 Å². The minimum absolute atomic E-state index is 0.0601. The average Bonchev–Trinajstić information content (AvgIpc) is 2.24. The Morgan fingerprint density at radius 1 is 1.41 bits per heavy atom. The summed E-state index contributed by atoms with van der Waals surface area (Å²) >= 11 is 0. The molecule has 1 aromatic heterocycles. The molecule has 0 fully saturated rings. The number of hydrogen-bond donors (Lipinski definition) is 0. The van der Waals surface area contributed by atoms with Gasteiger partial charge in [0.15, 0.2) is 0 Å². The predicted molar refractivity (Wildman–Crippen MR) is 67.8 cm³/mol. The van der Waals surface area contributed by atoms with Crippen molar-refractivity contribution in [3.8, 4) is 0 Å². The van der Waals surface area contributed by atoms with E-state index in [1.165, 1.54) is 12.5 Å². The van der Waals surface area contributed by atoms with Crippen molar-refractivity contribution in [3.63, 3.8) is 0 Å². The zero-order chi connectivity index (χ0) is 13.1. The van der Waals surface area contributed by atoms with Gasteiger partial charge in [0.05, 0.1) is 0 Å². The summed E-state index contributed by atoms with van der Waals surface area (Å²) in [5.74, 6) is -0.262. The summed E-state index contributed by atoms with van der Waals surface area (Å²) in [5.41, 5.74) is 3.35. The summed E-state index contributed by atoms with van der Waals surface area (Å²) in [5, 5.41) is 0. The van der Waals surface area contributed by atoms with Gasteiger partial charge in [-0.3, -0.25) is 9.78 Å². The van der Waals surface area contributed by atoms with Crippen molar-refractivity contribution in [3.05, 3.63) is 29.1 Å². The van der Waals surface area contributed by atoms with E-state index in [1.54, 1.807) is 6.20 Å². The SMILES string of the molecule is CCc1ncc(COC(C)=O)cc1C(C)(C)C. The van der Waals surface area contributed by atoms with Gasteiger partial charge in [0.2, 0.25) is 0 Å². The molecule has 1 heterocycles. The quantitative estimate of drug-likeness (QED) is 0.756. The van der Waals surface area contributed by atoms with E-state index in [9.17, 15) is 4.79 Å². The first-order valence-corrected chi connectivity index (χ1v) is 5.96. The Hall–Kier alpha value is -1.38. The van der Waals surface area contributed by atoms with Gasteiger partial charge in [-0.2, -0.15) is 0 Å². The van der Waals surface area contributed by atoms with Crippen LogP contribution in [-0.4, -0.2) is 11.0 Å². The minimum Gasteiger partial charge on any atom is -0.461 e. The lowest BCUT2D eigenvalue weighted by molar-refractivity contribution is -0.142. The maximum Gasteiger partial charge on any atom is 0.302 e. The third kappa shape index (κ3) is 3.84. The summed E-state index contributed by atoms with van der Waals surface area (Å²) < 4.78 is 4.99. The zero-order valence-electron chi connectivity index (χ0n) is 11.3. The average molecular weight is 235 g/mol. The Labute approximate surface area is 103 Å². The molecule has 0 atom stereocenters. The number of carbonyl (C=O) groups excluding carboxylic acids is 1. The highest BCUT2D eigenvalue weighted by molar-refractivity contribution is 5.65. The van der Waals surface area contributed by atoms with E-state index in [0.29, 0.717) is 6.61 Å². The van der Waals surface area contributed by atoms with Crippen LogP contribution in [0.3, 0.4) is 0 Å². The third-order valence-electron chi connectivity index (χ3n) is 2.61. The van der Waals surface area contributed by atoms with Crippen LogP contribution in [0.2, 0.25) is 0 Å². The Morgan fingerprint density at radius 2 is 2.06 bits per heavy atom. The predicted octanol–water partition coefficient (Wildman–Crippen LogP) is 3.00. The lowest BCUT2D eigenvalue weighted by atomic mass is 9.84. The largest absolute Gasteiger partial charge is 0.461 e. The molecule has 0 unspecified atom stereocenters. The summed E-state index contributed by atoms with van der Waals surface area (Å²) in [7, 11) is 0. The molecule has 17 heavy (non-hydrogen) atoms. The molecule has 0 bridgehead atoms. The number of ether oxygens (including phenoxy) is 1. The van der Waals surface area contributed by atoms with Crippen molar-refractivity contribution in [2.24, 2.45) is 0 Å². The highest BCUT2D eigenvalue weighted by Gasteiger charge is 2.18. The highest BCUT2D eigenvalue weighted by Crippen LogP contribution is 2.26. The topological polar surface area (TPSA) is 39.2 Å². The molecule has 0 spiro atoms. The molecule has 3 nitrogen and oxygen atoms in total. The fourth-order valence-electron chi connectivity index (χ4n) is 1.73. The fourth-order valence-corrected chi connectivity index (χ4v) is 1.73. The van der Waals surface area contributed by atoms with Gasteiger partial charge in [-0.1, -0.05) is 27.7 Å². The van der Waals surface area contributed by atoms with Gasteiger partial charge in [-0.25, -0.2) is 0 Å². The summed E-state index contributed by atoms with van der Waals surface area (Å²) in [6.45, 7) is 10.3. The lowest BCUT2D eigenvalue weighted by Crippen LogP contribution is -2.16. The van der Waals surface area contributed by atoms with Crippen molar-refractivity contribution in [1.29, 1.82) is 0 Å². The molecule has 0 radical (unpaired) electrons. The Balaban J connectivity index is 3.01. The van der Waals surface area contributed by atoms with Gasteiger partial charge in [-0.05, 0) is 23.5 Å². The molecule has 1 rings (SSSR count). The van der Waals surface area contributed by atoms with E-state index in [-0.39, 0.29) is 11.4 Å². The zero-order valence-corrected chi connectivity index (χ0v) is 11.3. The maximum absolute atomic E-state index is 10.8. The van der Waals surface area contributed by atoms with Crippen LogP contribution in [0.1, 0.15) is 51.4 Å². The number of carbonyl (C=O) groups is 1. The van der Waals surface area contributed by atoms with Crippen LogP contribution in [0.4, 0.5) is 0 Å². The van der Waals surface area contributed by atoms with Gasteiger partial charge < -0.3 is 4.74 Å². The van der Waals surface area contributed by atoms with Crippen LogP contribution >= 0.6 is 0 Å². The van der Waals surface area contributed by atoms with Crippen molar-refractivity contribution in [2.75, 3.05) is 0 Å². The molecule has 0 aliphatic heterocycles. The fraction of sp³-hybridized carbons (Fsp3) is 0.571. The van der Waals surface area contributed by atoms with E-state index >= 15 is 0 Å². The minimum atomic E-state index is -0.262. The van der Waals surface area contributed by atoms with Gasteiger partial charge in [-0.15, -0.1) is 0 Å². The highest BCUT2D eigenvalue weighted by atomic mass is 16.5. The van der Waals surface area contributed by atoms with E-state index in [0.717, 1.165) is 17.7 Å². The molecule has 3 heteroatoms. The second-order valence-corrected chi connectivity index (χ2v) is 5.22. The number of esters is 1. The van der Waals surface area contributed by atoms with Crippen molar-refractivity contribution >= 4 is 5.97 Å². The summed E-state index contributed by atoms with van der Waals surface area (Å²) in [4.78, 5) is 15.2. The van der Waals surface area contributed by atoms with Gasteiger partial charge in [0.25, 0.3) is 0 Å². The molecule has 0 aromatic carbocycles. The van der Waals surface area contributed by atoms with Crippen LogP contribution in [0, 0.1) is 0 Å². The van der Waals surface area contributed by atoms with Crippen LogP contribution in [-0.2, 0) is 28.0 Å². The molecule has 0 saturated heterocycles. The first-order valence-electron chi connectivity index (χ1n) is 5.96. The molecule has 0 N–H and O–H groups in total. The third-order valence-corrected chi connectivity index (χ3v) is 2.61. The van der Waals surface area contributed by atoms with Crippen molar-refractivity contribution in [2.45, 2.75) is 53.1 Å². The van der Waals surface area contributed by atoms with Gasteiger partial charge >= 0.3 is 5.97 Å². The van der Waals surface area contributed by atoms with Crippen LogP contribution in [0.15, 0.2) is 12.3 Å². The number of aromatic nitrogens is 1. The molecular formula is C14H21NO2. The monoisotopic (exact) mass is 235 g/mol. The first-order chi connectivity index (χ1) is 7.84. The number of rotatable bonds is 3. The Morgan fingerprint density at radius 3 is 2.53 bits per heavy atom. The van der Waals surface area contributed by atoms with E-state index in [1.807, 2.05) is 0 Å². The molecule has 1 aromatic rings. The Kier molecular flexibility index (Phi) is 4.27. The molecule has 0 saturated carbocycles. The summed E-state index contributed by atoms with van der Waals surface area (Å²) in [6.07, 6.45) is 2.71. The normalized spacial score (nSPS) is 11.4. The smallest absolute Gasteiger partial charge is 0.302 e. The van der Waals surface area contributed by atoms with Gasteiger partial charge in [0, 0.05) is 24.4 Å². The molecular weight excluding hydrogens is 214 g/mol. The number of pyridine rings is 1. The second-order valence-electron chi connectivity index (χ2n) is 5.22. The van der Waals surface area contributed by atoms with E-state index in [2.05, 4.69) is 38.7 Å². The lowest BCUT2D eigenvalue weighted by Gasteiger charge is -2.22. The van der Waals surface area contributed by atoms with E-state index < -0.39 is 0 Å². The molecule has 94 valence electrons. The molecule has 0 aliphatic rings. The number of nitrogens with zero attached hydrogens (tertiary/aromatic N) is 1. The van der Waals surface area contributed by atoms with Crippen LogP contribution in [0.5, 0.6) is 0 Å².